The fraction of sp³-hybridized carbons (Fsp3) is 0.174. The van der Waals surface area contributed by atoms with Gasteiger partial charge in [0.1, 0.15) is 6.54 Å². The van der Waals surface area contributed by atoms with E-state index in [4.69, 9.17) is 11.6 Å². The molecule has 3 rings (SSSR count). The number of benzene rings is 3. The molecule has 180 valence electrons. The standard InChI is InChI=1S/C23H24ClN3O5S2/c1-17-12-13-18(24)14-22(17)27(34(31,32)21-10-5-4-6-11-21)16-23(28)25-19-8-7-9-20(15-19)26(2)33(3,29)30/h4-15H,16H2,1-3H3,(H,25,28). The second kappa shape index (κ2) is 10.0. The molecule has 0 spiro atoms. The molecule has 0 aliphatic carbocycles. The zero-order valence-electron chi connectivity index (χ0n) is 18.8. The van der Waals surface area contributed by atoms with E-state index in [-0.39, 0.29) is 10.6 Å². The van der Waals surface area contributed by atoms with Gasteiger partial charge in [0, 0.05) is 17.8 Å². The maximum Gasteiger partial charge on any atom is 0.264 e. The Morgan fingerprint density at radius 1 is 0.941 bits per heavy atom. The Labute approximate surface area is 204 Å². The van der Waals surface area contributed by atoms with Crippen LogP contribution in [-0.2, 0) is 24.8 Å². The van der Waals surface area contributed by atoms with E-state index in [1.165, 1.54) is 31.3 Å². The molecule has 0 aromatic heterocycles. The van der Waals surface area contributed by atoms with E-state index >= 15 is 0 Å². The number of anilines is 3. The van der Waals surface area contributed by atoms with Crippen molar-refractivity contribution in [3.05, 3.63) is 83.4 Å². The van der Waals surface area contributed by atoms with Gasteiger partial charge in [0.05, 0.1) is 22.5 Å². The van der Waals surface area contributed by atoms with Gasteiger partial charge in [-0.3, -0.25) is 13.4 Å². The van der Waals surface area contributed by atoms with Crippen molar-refractivity contribution in [1.29, 1.82) is 0 Å². The van der Waals surface area contributed by atoms with Gasteiger partial charge in [0.15, 0.2) is 0 Å². The Morgan fingerprint density at radius 3 is 2.26 bits per heavy atom. The highest BCUT2D eigenvalue weighted by Crippen LogP contribution is 2.29. The Morgan fingerprint density at radius 2 is 1.62 bits per heavy atom. The smallest absolute Gasteiger partial charge is 0.264 e. The van der Waals surface area contributed by atoms with Crippen LogP contribution < -0.4 is 13.9 Å². The molecule has 34 heavy (non-hydrogen) atoms. The van der Waals surface area contributed by atoms with Crippen molar-refractivity contribution in [3.63, 3.8) is 0 Å². The number of rotatable bonds is 8. The van der Waals surface area contributed by atoms with Gasteiger partial charge in [-0.25, -0.2) is 16.8 Å². The Kier molecular flexibility index (Phi) is 7.54. The van der Waals surface area contributed by atoms with Gasteiger partial charge >= 0.3 is 0 Å². The number of aryl methyl sites for hydroxylation is 1. The first-order valence-corrected chi connectivity index (χ1v) is 13.7. The Balaban J connectivity index is 1.95. The number of halogens is 1. The van der Waals surface area contributed by atoms with Gasteiger partial charge in [-0.05, 0) is 55.0 Å². The molecule has 0 fully saturated rings. The molecule has 1 amide bonds. The third-order valence-electron chi connectivity index (χ3n) is 5.05. The van der Waals surface area contributed by atoms with Gasteiger partial charge in [-0.1, -0.05) is 41.9 Å². The van der Waals surface area contributed by atoms with Crippen molar-refractivity contribution in [2.45, 2.75) is 11.8 Å². The molecule has 0 atom stereocenters. The maximum atomic E-state index is 13.5. The van der Waals surface area contributed by atoms with E-state index in [1.807, 2.05) is 0 Å². The van der Waals surface area contributed by atoms with E-state index in [1.54, 1.807) is 55.5 Å². The number of nitrogens with one attached hydrogen (secondary N) is 1. The van der Waals surface area contributed by atoms with Crippen LogP contribution in [0.5, 0.6) is 0 Å². The van der Waals surface area contributed by atoms with Gasteiger partial charge in [0.2, 0.25) is 15.9 Å². The molecular weight excluding hydrogens is 498 g/mol. The predicted molar refractivity (Wildman–Crippen MR) is 135 cm³/mol. The molecule has 0 aliphatic rings. The summed E-state index contributed by atoms with van der Waals surface area (Å²) in [6.45, 7) is 1.20. The minimum atomic E-state index is -4.10. The van der Waals surface area contributed by atoms with Crippen LogP contribution in [-0.4, -0.2) is 42.6 Å². The monoisotopic (exact) mass is 521 g/mol. The lowest BCUT2D eigenvalue weighted by atomic mass is 10.2. The molecule has 3 aromatic rings. The fourth-order valence-electron chi connectivity index (χ4n) is 3.17. The molecule has 0 saturated heterocycles. The minimum absolute atomic E-state index is 0.0268. The van der Waals surface area contributed by atoms with Gasteiger partial charge in [-0.15, -0.1) is 0 Å². The number of sulfonamides is 2. The number of amides is 1. The van der Waals surface area contributed by atoms with E-state index in [0.29, 0.717) is 22.0 Å². The summed E-state index contributed by atoms with van der Waals surface area (Å²) >= 11 is 6.13. The highest BCUT2D eigenvalue weighted by atomic mass is 35.5. The number of carbonyl (C=O) groups excluding carboxylic acids is 1. The zero-order valence-corrected chi connectivity index (χ0v) is 21.2. The Bertz CT molecular complexity index is 1410. The largest absolute Gasteiger partial charge is 0.324 e. The highest BCUT2D eigenvalue weighted by molar-refractivity contribution is 7.93. The molecule has 8 nitrogen and oxygen atoms in total. The van der Waals surface area contributed by atoms with Crippen LogP contribution in [0.25, 0.3) is 0 Å². The van der Waals surface area contributed by atoms with Crippen molar-refractivity contribution in [2.75, 3.05) is 33.8 Å². The van der Waals surface area contributed by atoms with Gasteiger partial charge < -0.3 is 5.32 Å². The summed E-state index contributed by atoms with van der Waals surface area (Å²) in [5, 5.41) is 2.97. The van der Waals surface area contributed by atoms with Gasteiger partial charge in [-0.2, -0.15) is 0 Å². The predicted octanol–water partition coefficient (Wildman–Crippen LogP) is 3.88. The first-order valence-electron chi connectivity index (χ1n) is 10.1. The lowest BCUT2D eigenvalue weighted by Crippen LogP contribution is -2.38. The van der Waals surface area contributed by atoms with Crippen molar-refractivity contribution in [3.8, 4) is 0 Å². The fourth-order valence-corrected chi connectivity index (χ4v) is 5.33. The van der Waals surface area contributed by atoms with Crippen LogP contribution in [0.1, 0.15) is 5.56 Å². The van der Waals surface area contributed by atoms with Crippen LogP contribution in [0, 0.1) is 6.92 Å². The third-order valence-corrected chi connectivity index (χ3v) is 8.26. The molecule has 0 bridgehead atoms. The maximum absolute atomic E-state index is 13.5. The zero-order chi connectivity index (χ0) is 25.1. The van der Waals surface area contributed by atoms with Crippen LogP contribution in [0.2, 0.25) is 5.02 Å². The molecule has 0 radical (unpaired) electrons. The number of hydrogen-bond donors (Lipinski definition) is 1. The molecule has 0 saturated carbocycles. The summed E-state index contributed by atoms with van der Waals surface area (Å²) in [6, 6.07) is 18.8. The van der Waals surface area contributed by atoms with Crippen LogP contribution in [0.15, 0.2) is 77.7 Å². The molecule has 3 aromatic carbocycles. The van der Waals surface area contributed by atoms with Crippen molar-refractivity contribution >= 4 is 54.6 Å². The van der Waals surface area contributed by atoms with Crippen LogP contribution in [0.4, 0.5) is 17.1 Å². The van der Waals surface area contributed by atoms with E-state index < -0.39 is 32.5 Å². The summed E-state index contributed by atoms with van der Waals surface area (Å²) < 4.78 is 52.7. The first kappa shape index (κ1) is 25.5. The summed E-state index contributed by atoms with van der Waals surface area (Å²) in [5.41, 5.74) is 1.56. The Hall–Kier alpha value is -3.08. The SMILES string of the molecule is Cc1ccc(Cl)cc1N(CC(=O)Nc1cccc(N(C)S(C)(=O)=O)c1)S(=O)(=O)c1ccccc1. The first-order chi connectivity index (χ1) is 15.9. The summed E-state index contributed by atoms with van der Waals surface area (Å²) in [7, 11) is -6.19. The number of nitrogens with zero attached hydrogens (tertiary/aromatic N) is 2. The van der Waals surface area contributed by atoms with Crippen LogP contribution in [0.3, 0.4) is 0 Å². The number of carbonyl (C=O) groups is 1. The normalized spacial score (nSPS) is 11.6. The average molecular weight is 522 g/mol. The van der Waals surface area contributed by atoms with Crippen molar-refractivity contribution < 1.29 is 21.6 Å². The van der Waals surface area contributed by atoms with Crippen molar-refractivity contribution in [2.24, 2.45) is 0 Å². The van der Waals surface area contributed by atoms with E-state index in [2.05, 4.69) is 5.32 Å². The molecule has 0 aliphatic heterocycles. The number of hydrogen-bond acceptors (Lipinski definition) is 5. The highest BCUT2D eigenvalue weighted by Gasteiger charge is 2.28. The summed E-state index contributed by atoms with van der Waals surface area (Å²) in [6.07, 6.45) is 1.07. The molecule has 0 unspecified atom stereocenters. The summed E-state index contributed by atoms with van der Waals surface area (Å²) in [5.74, 6) is -0.613. The second-order valence-corrected chi connectivity index (χ2v) is 11.9. The lowest BCUT2D eigenvalue weighted by Gasteiger charge is -2.26. The third kappa shape index (κ3) is 5.88. The minimum Gasteiger partial charge on any atom is -0.324 e. The molecule has 0 heterocycles. The quantitative estimate of drug-likeness (QED) is 0.484. The second-order valence-electron chi connectivity index (χ2n) is 7.58. The van der Waals surface area contributed by atoms with E-state index in [0.717, 1.165) is 14.9 Å². The van der Waals surface area contributed by atoms with E-state index in [9.17, 15) is 21.6 Å². The van der Waals surface area contributed by atoms with Gasteiger partial charge in [0.25, 0.3) is 10.0 Å². The molecular formula is C23H24ClN3O5S2. The van der Waals surface area contributed by atoms with Crippen molar-refractivity contribution in [1.82, 2.24) is 0 Å². The van der Waals surface area contributed by atoms with Crippen LogP contribution >= 0.6 is 11.6 Å². The lowest BCUT2D eigenvalue weighted by molar-refractivity contribution is -0.114. The average Bonchev–Trinajstić information content (AvgIpc) is 2.78. The molecule has 1 N–H and O–H groups in total. The summed E-state index contributed by atoms with van der Waals surface area (Å²) in [4.78, 5) is 13.0. The molecule has 11 heteroatoms. The topological polar surface area (TPSA) is 104 Å².